The number of rotatable bonds is 4. The second-order valence-corrected chi connectivity index (χ2v) is 5.96. The van der Waals surface area contributed by atoms with Gasteiger partial charge in [0.2, 0.25) is 0 Å². The van der Waals surface area contributed by atoms with Gasteiger partial charge in [0.1, 0.15) is 5.82 Å². The van der Waals surface area contributed by atoms with Crippen LogP contribution in [0.3, 0.4) is 0 Å². The van der Waals surface area contributed by atoms with Crippen molar-refractivity contribution in [2.45, 2.75) is 6.42 Å². The summed E-state index contributed by atoms with van der Waals surface area (Å²) in [5.74, 6) is 0.835. The van der Waals surface area contributed by atoms with Crippen molar-refractivity contribution in [3.8, 4) is 0 Å². The fourth-order valence-electron chi connectivity index (χ4n) is 2.12. The number of halogens is 1. The maximum atomic E-state index is 12.0. The fraction of sp³-hybridized carbons (Fsp3) is 0.125. The number of benzene rings is 2. The lowest BCUT2D eigenvalue weighted by Crippen LogP contribution is -2.25. The minimum atomic E-state index is -0.0532. The van der Waals surface area contributed by atoms with Crippen LogP contribution in [0.15, 0.2) is 48.5 Å². The maximum absolute atomic E-state index is 12.0. The van der Waals surface area contributed by atoms with Crippen LogP contribution in [0, 0.1) is 3.57 Å². The lowest BCUT2D eigenvalue weighted by Gasteiger charge is -2.04. The zero-order valence-corrected chi connectivity index (χ0v) is 13.4. The Morgan fingerprint density at radius 3 is 2.67 bits per heavy atom. The molecule has 2 N–H and O–H groups in total. The second-order valence-electron chi connectivity index (χ2n) is 4.71. The zero-order chi connectivity index (χ0) is 14.7. The molecular weight excluding hydrogens is 377 g/mol. The fourth-order valence-corrected chi connectivity index (χ4v) is 2.48. The van der Waals surface area contributed by atoms with E-state index in [0.29, 0.717) is 18.5 Å². The van der Waals surface area contributed by atoms with E-state index in [1.54, 1.807) is 0 Å². The molecular formula is C16H14IN3O. The van der Waals surface area contributed by atoms with Crippen molar-refractivity contribution in [1.29, 1.82) is 0 Å². The van der Waals surface area contributed by atoms with Crippen LogP contribution in [0.1, 0.15) is 16.2 Å². The van der Waals surface area contributed by atoms with Gasteiger partial charge in [0.05, 0.1) is 11.0 Å². The third kappa shape index (κ3) is 3.41. The van der Waals surface area contributed by atoms with Crippen LogP contribution < -0.4 is 5.32 Å². The van der Waals surface area contributed by atoms with Gasteiger partial charge in [-0.25, -0.2) is 4.98 Å². The number of hydrogen-bond donors (Lipinski definition) is 2. The number of hydrogen-bond acceptors (Lipinski definition) is 2. The molecule has 0 aliphatic heterocycles. The van der Waals surface area contributed by atoms with Gasteiger partial charge in [0.25, 0.3) is 5.91 Å². The topological polar surface area (TPSA) is 57.8 Å². The summed E-state index contributed by atoms with van der Waals surface area (Å²) in [6.07, 6.45) is 0.685. The van der Waals surface area contributed by atoms with Crippen LogP contribution in [0.25, 0.3) is 11.0 Å². The normalized spacial score (nSPS) is 10.7. The van der Waals surface area contributed by atoms with Gasteiger partial charge in [-0.1, -0.05) is 12.1 Å². The number of para-hydroxylation sites is 2. The Morgan fingerprint density at radius 2 is 1.90 bits per heavy atom. The molecule has 106 valence electrons. The molecule has 1 heterocycles. The highest BCUT2D eigenvalue weighted by Gasteiger charge is 2.06. The average Bonchev–Trinajstić information content (AvgIpc) is 2.90. The summed E-state index contributed by atoms with van der Waals surface area (Å²) >= 11 is 2.22. The first-order valence-corrected chi connectivity index (χ1v) is 7.77. The van der Waals surface area contributed by atoms with E-state index in [1.165, 1.54) is 0 Å². The summed E-state index contributed by atoms with van der Waals surface area (Å²) in [5.41, 5.74) is 2.66. The third-order valence-electron chi connectivity index (χ3n) is 3.19. The molecule has 0 bridgehead atoms. The van der Waals surface area contributed by atoms with Gasteiger partial charge in [-0.15, -0.1) is 0 Å². The number of aromatic amines is 1. The molecule has 3 rings (SSSR count). The summed E-state index contributed by atoms with van der Waals surface area (Å²) in [5, 5.41) is 2.91. The SMILES string of the molecule is O=C(NCCc1nc2ccccc2[nH]1)c1ccc(I)cc1. The van der Waals surface area contributed by atoms with Crippen molar-refractivity contribution in [2.75, 3.05) is 6.54 Å². The Morgan fingerprint density at radius 1 is 1.14 bits per heavy atom. The number of amides is 1. The molecule has 0 spiro atoms. The van der Waals surface area contributed by atoms with E-state index in [2.05, 4.69) is 37.9 Å². The number of carbonyl (C=O) groups excluding carboxylic acids is 1. The highest BCUT2D eigenvalue weighted by molar-refractivity contribution is 14.1. The number of fused-ring (bicyclic) bond motifs is 1. The van der Waals surface area contributed by atoms with Crippen LogP contribution in [-0.2, 0) is 6.42 Å². The molecule has 3 aromatic rings. The summed E-state index contributed by atoms with van der Waals surface area (Å²) in [7, 11) is 0. The number of H-pyrrole nitrogens is 1. The van der Waals surface area contributed by atoms with E-state index in [1.807, 2.05) is 48.5 Å². The molecule has 0 atom stereocenters. The number of nitrogens with one attached hydrogen (secondary N) is 2. The Bertz CT molecular complexity index is 732. The van der Waals surface area contributed by atoms with Crippen molar-refractivity contribution in [2.24, 2.45) is 0 Å². The van der Waals surface area contributed by atoms with Gasteiger partial charge in [0.15, 0.2) is 0 Å². The summed E-state index contributed by atoms with van der Waals surface area (Å²) in [4.78, 5) is 19.7. The lowest BCUT2D eigenvalue weighted by atomic mass is 10.2. The molecule has 1 amide bonds. The van der Waals surface area contributed by atoms with Crippen LogP contribution in [-0.4, -0.2) is 22.4 Å². The van der Waals surface area contributed by atoms with Crippen molar-refractivity contribution < 1.29 is 4.79 Å². The van der Waals surface area contributed by atoms with Crippen molar-refractivity contribution >= 4 is 39.5 Å². The minimum Gasteiger partial charge on any atom is -0.352 e. The van der Waals surface area contributed by atoms with Gasteiger partial charge >= 0.3 is 0 Å². The molecule has 0 saturated heterocycles. The molecule has 4 nitrogen and oxygen atoms in total. The maximum Gasteiger partial charge on any atom is 0.251 e. The first-order chi connectivity index (χ1) is 10.2. The summed E-state index contributed by atoms with van der Waals surface area (Å²) in [6, 6.07) is 15.4. The molecule has 0 radical (unpaired) electrons. The van der Waals surface area contributed by atoms with Gasteiger partial charge in [-0.2, -0.15) is 0 Å². The summed E-state index contributed by atoms with van der Waals surface area (Å²) in [6.45, 7) is 0.560. The zero-order valence-electron chi connectivity index (χ0n) is 11.3. The molecule has 0 unspecified atom stereocenters. The monoisotopic (exact) mass is 391 g/mol. The molecule has 0 saturated carbocycles. The lowest BCUT2D eigenvalue weighted by molar-refractivity contribution is 0.0954. The first kappa shape index (κ1) is 14.1. The predicted octanol–water partition coefficient (Wildman–Crippen LogP) is 3.14. The standard InChI is InChI=1S/C16H14IN3O/c17-12-7-5-11(6-8-12)16(21)18-10-9-15-19-13-3-1-2-4-14(13)20-15/h1-8H,9-10H2,(H,18,21)(H,19,20). The van der Waals surface area contributed by atoms with Crippen molar-refractivity contribution in [3.63, 3.8) is 0 Å². The van der Waals surface area contributed by atoms with Gasteiger partial charge < -0.3 is 10.3 Å². The Kier molecular flexibility index (Phi) is 4.19. The highest BCUT2D eigenvalue weighted by Crippen LogP contribution is 2.10. The molecule has 0 aliphatic carbocycles. The van der Waals surface area contributed by atoms with Crippen molar-refractivity contribution in [1.82, 2.24) is 15.3 Å². The highest BCUT2D eigenvalue weighted by atomic mass is 127. The van der Waals surface area contributed by atoms with E-state index in [9.17, 15) is 4.79 Å². The van der Waals surface area contributed by atoms with Gasteiger partial charge in [0, 0.05) is 22.1 Å². The largest absolute Gasteiger partial charge is 0.352 e. The van der Waals surface area contributed by atoms with E-state index in [4.69, 9.17) is 0 Å². The molecule has 1 aromatic heterocycles. The number of carbonyl (C=O) groups is 1. The first-order valence-electron chi connectivity index (χ1n) is 6.70. The minimum absolute atomic E-state index is 0.0532. The Hall–Kier alpha value is -1.89. The molecule has 21 heavy (non-hydrogen) atoms. The van der Waals surface area contributed by atoms with E-state index >= 15 is 0 Å². The quantitative estimate of drug-likeness (QED) is 0.672. The number of imidazole rings is 1. The van der Waals surface area contributed by atoms with Crippen LogP contribution >= 0.6 is 22.6 Å². The number of nitrogens with zero attached hydrogens (tertiary/aromatic N) is 1. The Balaban J connectivity index is 1.58. The average molecular weight is 391 g/mol. The van der Waals surface area contributed by atoms with E-state index in [-0.39, 0.29) is 5.91 Å². The second kappa shape index (κ2) is 6.26. The smallest absolute Gasteiger partial charge is 0.251 e. The molecule has 0 aliphatic rings. The number of aromatic nitrogens is 2. The van der Waals surface area contributed by atoms with Crippen LogP contribution in [0.2, 0.25) is 0 Å². The molecule has 5 heteroatoms. The van der Waals surface area contributed by atoms with Crippen molar-refractivity contribution in [3.05, 3.63) is 63.5 Å². The van der Waals surface area contributed by atoms with Gasteiger partial charge in [-0.05, 0) is 59.0 Å². The Labute approximate surface area is 136 Å². The molecule has 0 fully saturated rings. The molecule has 2 aromatic carbocycles. The predicted molar refractivity (Wildman–Crippen MR) is 91.3 cm³/mol. The van der Waals surface area contributed by atoms with Crippen LogP contribution in [0.4, 0.5) is 0 Å². The van der Waals surface area contributed by atoms with E-state index in [0.717, 1.165) is 20.4 Å². The van der Waals surface area contributed by atoms with E-state index < -0.39 is 0 Å². The third-order valence-corrected chi connectivity index (χ3v) is 3.91. The van der Waals surface area contributed by atoms with Gasteiger partial charge in [-0.3, -0.25) is 4.79 Å². The van der Waals surface area contributed by atoms with Crippen LogP contribution in [0.5, 0.6) is 0 Å². The summed E-state index contributed by atoms with van der Waals surface area (Å²) < 4.78 is 1.12.